The van der Waals surface area contributed by atoms with Gasteiger partial charge in [-0.1, -0.05) is 30.4 Å². The molecule has 6 nitrogen and oxygen atoms in total. The largest absolute Gasteiger partial charge is 0.369 e. The van der Waals surface area contributed by atoms with Crippen LogP contribution in [0.4, 0.5) is 17.3 Å². The van der Waals surface area contributed by atoms with Crippen LogP contribution in [0.15, 0.2) is 67.1 Å². The number of H-pyrrole nitrogens is 1. The van der Waals surface area contributed by atoms with Crippen LogP contribution in [0.5, 0.6) is 0 Å². The van der Waals surface area contributed by atoms with Crippen molar-refractivity contribution in [2.24, 2.45) is 0 Å². The highest BCUT2D eigenvalue weighted by molar-refractivity contribution is 5.91. The fourth-order valence-electron chi connectivity index (χ4n) is 3.76. The quantitative estimate of drug-likeness (QED) is 0.470. The van der Waals surface area contributed by atoms with Gasteiger partial charge in [-0.3, -0.25) is 0 Å². The summed E-state index contributed by atoms with van der Waals surface area (Å²) in [5, 5.41) is 7.91. The Morgan fingerprint density at radius 1 is 0.933 bits per heavy atom. The van der Waals surface area contributed by atoms with Gasteiger partial charge in [-0.25, -0.2) is 9.97 Å². The van der Waals surface area contributed by atoms with Gasteiger partial charge in [0.1, 0.15) is 0 Å². The first kappa shape index (κ1) is 18.4. The van der Waals surface area contributed by atoms with Crippen molar-refractivity contribution in [1.29, 1.82) is 0 Å². The molecule has 0 spiro atoms. The van der Waals surface area contributed by atoms with E-state index in [1.165, 1.54) is 16.6 Å². The number of anilines is 3. The molecule has 5 rings (SSSR count). The Bertz CT molecular complexity index is 1160. The third-order valence-corrected chi connectivity index (χ3v) is 5.34. The van der Waals surface area contributed by atoms with Crippen LogP contribution in [-0.2, 0) is 0 Å². The van der Waals surface area contributed by atoms with E-state index in [0.717, 1.165) is 42.9 Å². The highest BCUT2D eigenvalue weighted by atomic mass is 15.2. The minimum atomic E-state index is 0.595. The van der Waals surface area contributed by atoms with Gasteiger partial charge in [-0.2, -0.15) is 0 Å². The molecule has 30 heavy (non-hydrogen) atoms. The molecule has 1 aliphatic heterocycles. The van der Waals surface area contributed by atoms with Gasteiger partial charge in [0.25, 0.3) is 0 Å². The maximum absolute atomic E-state index is 4.48. The number of benzene rings is 2. The minimum Gasteiger partial charge on any atom is -0.369 e. The van der Waals surface area contributed by atoms with E-state index >= 15 is 0 Å². The van der Waals surface area contributed by atoms with E-state index < -0.39 is 0 Å². The lowest BCUT2D eigenvalue weighted by Crippen LogP contribution is -2.43. The predicted molar refractivity (Wildman–Crippen MR) is 124 cm³/mol. The van der Waals surface area contributed by atoms with Crippen LogP contribution < -0.4 is 15.5 Å². The zero-order valence-corrected chi connectivity index (χ0v) is 16.7. The molecule has 2 aromatic carbocycles. The molecular formula is C24H24N6. The smallest absolute Gasteiger partial charge is 0.227 e. The number of hydrogen-bond acceptors (Lipinski definition) is 5. The van der Waals surface area contributed by atoms with Crippen molar-refractivity contribution in [3.8, 4) is 0 Å². The number of hydrogen-bond donors (Lipinski definition) is 3. The highest BCUT2D eigenvalue weighted by Crippen LogP contribution is 2.22. The van der Waals surface area contributed by atoms with E-state index in [1.807, 2.05) is 30.7 Å². The Kier molecular flexibility index (Phi) is 5.14. The lowest BCUT2D eigenvalue weighted by atomic mass is 10.1. The summed E-state index contributed by atoms with van der Waals surface area (Å²) >= 11 is 0. The van der Waals surface area contributed by atoms with Gasteiger partial charge in [-0.15, -0.1) is 0 Å². The number of nitrogens with one attached hydrogen (secondary N) is 3. The molecule has 2 aromatic heterocycles. The second kappa shape index (κ2) is 8.39. The van der Waals surface area contributed by atoms with Gasteiger partial charge in [0.15, 0.2) is 0 Å². The van der Waals surface area contributed by atoms with Crippen molar-refractivity contribution in [2.45, 2.75) is 0 Å². The van der Waals surface area contributed by atoms with E-state index in [2.05, 4.69) is 79.0 Å². The van der Waals surface area contributed by atoms with E-state index in [1.54, 1.807) is 0 Å². The van der Waals surface area contributed by atoms with Crippen LogP contribution in [0.3, 0.4) is 0 Å². The zero-order valence-electron chi connectivity index (χ0n) is 16.7. The third kappa shape index (κ3) is 4.04. The van der Waals surface area contributed by atoms with Gasteiger partial charge >= 0.3 is 0 Å². The number of nitrogens with zero attached hydrogens (tertiary/aromatic N) is 3. The summed E-state index contributed by atoms with van der Waals surface area (Å²) in [6.07, 6.45) is 9.77. The summed E-state index contributed by atoms with van der Waals surface area (Å²) in [5.41, 5.74) is 5.48. The molecule has 3 N–H and O–H groups in total. The fourth-order valence-corrected chi connectivity index (χ4v) is 3.76. The first-order valence-corrected chi connectivity index (χ1v) is 10.2. The topological polar surface area (TPSA) is 68.9 Å². The molecule has 0 bridgehead atoms. The molecule has 1 aliphatic rings. The van der Waals surface area contributed by atoms with Crippen LogP contribution in [0, 0.1) is 0 Å². The lowest BCUT2D eigenvalue weighted by molar-refractivity contribution is 0.589. The summed E-state index contributed by atoms with van der Waals surface area (Å²) in [5.74, 6) is 0.595. The highest BCUT2D eigenvalue weighted by Gasteiger charge is 2.10. The van der Waals surface area contributed by atoms with Gasteiger partial charge in [0.05, 0.1) is 0 Å². The van der Waals surface area contributed by atoms with E-state index in [0.29, 0.717) is 5.95 Å². The number of aromatic amines is 1. The molecule has 0 aliphatic carbocycles. The molecule has 0 radical (unpaired) electrons. The number of piperazine rings is 1. The molecular weight excluding hydrogens is 372 g/mol. The monoisotopic (exact) mass is 396 g/mol. The molecule has 0 amide bonds. The summed E-state index contributed by atoms with van der Waals surface area (Å²) in [7, 11) is 0. The van der Waals surface area contributed by atoms with Crippen molar-refractivity contribution >= 4 is 40.4 Å². The minimum absolute atomic E-state index is 0.595. The van der Waals surface area contributed by atoms with Crippen molar-refractivity contribution in [3.63, 3.8) is 0 Å². The second-order valence-corrected chi connectivity index (χ2v) is 7.37. The number of aromatic nitrogens is 3. The maximum Gasteiger partial charge on any atom is 0.227 e. The predicted octanol–water partition coefficient (Wildman–Crippen LogP) is 4.28. The van der Waals surface area contributed by atoms with Crippen molar-refractivity contribution < 1.29 is 0 Å². The van der Waals surface area contributed by atoms with Crippen LogP contribution in [-0.4, -0.2) is 41.1 Å². The maximum atomic E-state index is 4.48. The van der Waals surface area contributed by atoms with Crippen molar-refractivity contribution in [1.82, 2.24) is 20.3 Å². The number of fused-ring (bicyclic) bond motifs is 1. The summed E-state index contributed by atoms with van der Waals surface area (Å²) in [6.45, 7) is 4.09. The molecule has 150 valence electrons. The summed E-state index contributed by atoms with van der Waals surface area (Å²) < 4.78 is 0. The van der Waals surface area contributed by atoms with E-state index in [4.69, 9.17) is 0 Å². The summed E-state index contributed by atoms with van der Waals surface area (Å²) in [6, 6.07) is 16.7. The first-order chi connectivity index (χ1) is 14.8. The zero-order chi connectivity index (χ0) is 20.2. The molecule has 0 saturated carbocycles. The average molecular weight is 396 g/mol. The van der Waals surface area contributed by atoms with Crippen LogP contribution in [0.25, 0.3) is 23.1 Å². The third-order valence-electron chi connectivity index (χ3n) is 5.34. The average Bonchev–Trinajstić information content (AvgIpc) is 3.29. The molecule has 1 fully saturated rings. The Morgan fingerprint density at radius 3 is 2.63 bits per heavy atom. The van der Waals surface area contributed by atoms with Crippen molar-refractivity contribution in [2.75, 3.05) is 36.4 Å². The van der Waals surface area contributed by atoms with Crippen molar-refractivity contribution in [3.05, 3.63) is 78.2 Å². The fraction of sp³-hybridized carbons (Fsp3) is 0.167. The van der Waals surface area contributed by atoms with E-state index in [9.17, 15) is 0 Å². The Labute approximate surface area is 175 Å². The normalized spacial score (nSPS) is 14.5. The van der Waals surface area contributed by atoms with Gasteiger partial charge in [0, 0.05) is 72.6 Å². The SMILES string of the molecule is C(=Cc1cccc2[nH]ccc12)c1cnc(Nc2cccc(N3CCNCC3)c2)nc1. The number of rotatable bonds is 5. The lowest BCUT2D eigenvalue weighted by Gasteiger charge is -2.29. The molecule has 4 aromatic rings. The van der Waals surface area contributed by atoms with Gasteiger partial charge in [-0.05, 0) is 35.9 Å². The Balaban J connectivity index is 1.28. The second-order valence-electron chi connectivity index (χ2n) is 7.37. The van der Waals surface area contributed by atoms with Gasteiger partial charge < -0.3 is 20.5 Å². The van der Waals surface area contributed by atoms with E-state index in [-0.39, 0.29) is 0 Å². The molecule has 3 heterocycles. The Morgan fingerprint density at radius 2 is 1.77 bits per heavy atom. The van der Waals surface area contributed by atoms with Gasteiger partial charge in [0.2, 0.25) is 5.95 Å². The van der Waals surface area contributed by atoms with Crippen LogP contribution >= 0.6 is 0 Å². The molecule has 6 heteroatoms. The Hall–Kier alpha value is -3.64. The summed E-state index contributed by atoms with van der Waals surface area (Å²) in [4.78, 5) is 14.6. The molecule has 1 saturated heterocycles. The standard InChI is InChI=1S/C24H24N6/c1-3-19(22-9-10-26-23(22)6-1)8-7-18-16-27-24(28-17-18)29-20-4-2-5-21(15-20)30-13-11-25-12-14-30/h1-10,15-17,25-26H,11-14H2,(H,27,28,29). The van der Waals surface area contributed by atoms with Crippen LogP contribution in [0.2, 0.25) is 0 Å². The molecule has 0 atom stereocenters. The van der Waals surface area contributed by atoms with Crippen LogP contribution in [0.1, 0.15) is 11.1 Å². The molecule has 0 unspecified atom stereocenters. The first-order valence-electron chi connectivity index (χ1n) is 10.2.